The van der Waals surface area contributed by atoms with Gasteiger partial charge in [0.1, 0.15) is 17.7 Å². The molecule has 1 saturated heterocycles. The molecule has 1 aliphatic carbocycles. The van der Waals surface area contributed by atoms with E-state index in [2.05, 4.69) is 44.9 Å². The van der Waals surface area contributed by atoms with Crippen LogP contribution in [0, 0.1) is 0 Å². The summed E-state index contributed by atoms with van der Waals surface area (Å²) in [6.45, 7) is 5.00. The van der Waals surface area contributed by atoms with Crippen LogP contribution >= 0.6 is 0 Å². The summed E-state index contributed by atoms with van der Waals surface area (Å²) in [6, 6.07) is 3.44. The van der Waals surface area contributed by atoms with Gasteiger partial charge in [-0.1, -0.05) is 13.8 Å². The Bertz CT molecular complexity index is 1070. The van der Waals surface area contributed by atoms with Crippen molar-refractivity contribution in [1.29, 1.82) is 0 Å². The minimum absolute atomic E-state index is 0.0748. The molecule has 2 aliphatic rings. The number of hydrogen-bond acceptors (Lipinski definition) is 7. The van der Waals surface area contributed by atoms with Crippen LogP contribution in [0.1, 0.15) is 56.0 Å². The Hall–Kier alpha value is -3.43. The van der Waals surface area contributed by atoms with Crippen LogP contribution in [0.25, 0.3) is 0 Å². The largest absolute Gasteiger partial charge is 0.329 e. The van der Waals surface area contributed by atoms with Gasteiger partial charge in [0, 0.05) is 29.9 Å². The highest BCUT2D eigenvalue weighted by Gasteiger charge is 2.34. The molecule has 10 nitrogen and oxygen atoms in total. The zero-order chi connectivity index (χ0) is 21.4. The molecule has 1 fully saturated rings. The molecule has 3 aromatic rings. The second kappa shape index (κ2) is 8.01. The monoisotopic (exact) mass is 421 g/mol. The molecule has 0 saturated carbocycles. The number of nitrogens with one attached hydrogen (secondary N) is 4. The van der Waals surface area contributed by atoms with Crippen molar-refractivity contribution >= 4 is 29.3 Å². The number of hydrogen-bond donors (Lipinski definition) is 4. The van der Waals surface area contributed by atoms with Crippen LogP contribution in [-0.2, 0) is 17.6 Å². The highest BCUT2D eigenvalue weighted by Crippen LogP contribution is 2.33. The molecule has 10 heteroatoms. The molecule has 1 amide bonds. The molecule has 31 heavy (non-hydrogen) atoms. The fourth-order valence-electron chi connectivity index (χ4n) is 4.29. The highest BCUT2D eigenvalue weighted by molar-refractivity contribution is 5.96. The van der Waals surface area contributed by atoms with Crippen LogP contribution in [0.3, 0.4) is 0 Å². The lowest BCUT2D eigenvalue weighted by Gasteiger charge is -2.25. The first-order valence-electron chi connectivity index (χ1n) is 10.9. The molecule has 4 heterocycles. The zero-order valence-corrected chi connectivity index (χ0v) is 17.8. The number of amides is 1. The molecule has 0 unspecified atom stereocenters. The number of carbonyl (C=O) groups excluding carboxylic acids is 1. The quantitative estimate of drug-likeness (QED) is 0.482. The lowest BCUT2D eigenvalue weighted by Crippen LogP contribution is -2.40. The summed E-state index contributed by atoms with van der Waals surface area (Å²) in [5.74, 6) is 3.03. The van der Waals surface area contributed by atoms with Gasteiger partial charge in [-0.3, -0.25) is 15.0 Å². The van der Waals surface area contributed by atoms with Gasteiger partial charge in [0.2, 0.25) is 11.9 Å². The van der Waals surface area contributed by atoms with Crippen LogP contribution in [-0.4, -0.2) is 48.9 Å². The van der Waals surface area contributed by atoms with Crippen molar-refractivity contribution in [2.75, 3.05) is 22.1 Å². The van der Waals surface area contributed by atoms with Crippen molar-refractivity contribution in [2.45, 2.75) is 57.9 Å². The summed E-state index contributed by atoms with van der Waals surface area (Å²) >= 11 is 0. The average molecular weight is 422 g/mol. The Morgan fingerprint density at radius 3 is 2.90 bits per heavy atom. The van der Waals surface area contributed by atoms with Gasteiger partial charge in [-0.2, -0.15) is 15.2 Å². The van der Waals surface area contributed by atoms with Gasteiger partial charge in [0.05, 0.1) is 11.9 Å². The predicted octanol–water partition coefficient (Wildman–Crippen LogP) is 2.89. The Balaban J connectivity index is 1.42. The number of fused-ring (bicyclic) bond motifs is 1. The number of rotatable bonds is 6. The van der Waals surface area contributed by atoms with E-state index in [1.807, 2.05) is 11.0 Å². The van der Waals surface area contributed by atoms with E-state index >= 15 is 0 Å². The Morgan fingerprint density at radius 1 is 1.23 bits per heavy atom. The third-order valence-corrected chi connectivity index (χ3v) is 5.96. The number of aromatic amines is 2. The van der Waals surface area contributed by atoms with Gasteiger partial charge in [-0.05, 0) is 38.0 Å². The van der Waals surface area contributed by atoms with E-state index < -0.39 is 0 Å². The van der Waals surface area contributed by atoms with E-state index in [-0.39, 0.29) is 11.9 Å². The lowest BCUT2D eigenvalue weighted by atomic mass is 10.1. The normalized spacial score (nSPS) is 17.9. The molecular formula is C21H27N9O. The second-order valence-corrected chi connectivity index (χ2v) is 8.45. The first kappa shape index (κ1) is 19.5. The molecule has 5 rings (SSSR count). The van der Waals surface area contributed by atoms with Crippen molar-refractivity contribution in [2.24, 2.45) is 0 Å². The molecule has 3 aromatic heterocycles. The summed E-state index contributed by atoms with van der Waals surface area (Å²) in [5, 5.41) is 20.4. The Kier molecular flexibility index (Phi) is 5.05. The lowest BCUT2D eigenvalue weighted by molar-refractivity contribution is -0.117. The number of H-pyrrole nitrogens is 2. The third kappa shape index (κ3) is 3.85. The Labute approximate surface area is 180 Å². The van der Waals surface area contributed by atoms with E-state index in [1.54, 1.807) is 12.3 Å². The SMILES string of the molecule is CC(C)c1cc(Nc2nc(N3CCC[C@H]3C(=O)Nc3ccn[nH]3)nc3c2CCC3)n[nH]1. The summed E-state index contributed by atoms with van der Waals surface area (Å²) in [4.78, 5) is 24.6. The smallest absolute Gasteiger partial charge is 0.248 e. The number of carbonyl (C=O) groups is 1. The maximum atomic E-state index is 12.9. The third-order valence-electron chi connectivity index (χ3n) is 5.96. The predicted molar refractivity (Wildman–Crippen MR) is 118 cm³/mol. The molecule has 0 aromatic carbocycles. The van der Waals surface area contributed by atoms with Gasteiger partial charge in [-0.15, -0.1) is 0 Å². The second-order valence-electron chi connectivity index (χ2n) is 8.45. The summed E-state index contributed by atoms with van der Waals surface area (Å²) in [6.07, 6.45) is 6.23. The van der Waals surface area contributed by atoms with Gasteiger partial charge in [0.15, 0.2) is 5.82 Å². The summed E-state index contributed by atoms with van der Waals surface area (Å²) < 4.78 is 0. The standard InChI is InChI=1S/C21H27N9O/c1-12(2)15-11-18(29-27-15)24-19-13-5-3-6-14(13)23-21(26-19)30-10-4-7-16(30)20(31)25-17-8-9-22-28-17/h8-9,11-12,16H,3-7,10H2,1-2H3,(H2,22,25,28,31)(H2,23,24,26,27,29)/t16-/m0/s1. The van der Waals surface area contributed by atoms with Crippen LogP contribution in [0.4, 0.5) is 23.4 Å². The van der Waals surface area contributed by atoms with Crippen molar-refractivity contribution in [1.82, 2.24) is 30.4 Å². The number of nitrogens with zero attached hydrogens (tertiary/aromatic N) is 5. The number of aromatic nitrogens is 6. The van der Waals surface area contributed by atoms with E-state index in [0.29, 0.717) is 17.7 Å². The van der Waals surface area contributed by atoms with Crippen molar-refractivity contribution in [3.63, 3.8) is 0 Å². The maximum Gasteiger partial charge on any atom is 0.248 e. The summed E-state index contributed by atoms with van der Waals surface area (Å²) in [7, 11) is 0. The average Bonchev–Trinajstić information content (AvgIpc) is 3.53. The van der Waals surface area contributed by atoms with Crippen LogP contribution in [0.5, 0.6) is 0 Å². The molecule has 1 aliphatic heterocycles. The molecular weight excluding hydrogens is 394 g/mol. The van der Waals surface area contributed by atoms with Crippen LogP contribution in [0.15, 0.2) is 18.3 Å². The topological polar surface area (TPSA) is 128 Å². The molecule has 4 N–H and O–H groups in total. The van der Waals surface area contributed by atoms with Gasteiger partial charge in [-0.25, -0.2) is 4.98 Å². The summed E-state index contributed by atoms with van der Waals surface area (Å²) in [5.41, 5.74) is 3.28. The minimum atomic E-state index is -0.312. The highest BCUT2D eigenvalue weighted by atomic mass is 16.2. The minimum Gasteiger partial charge on any atom is -0.329 e. The number of anilines is 4. The molecule has 1 atom stereocenters. The maximum absolute atomic E-state index is 12.9. The fraction of sp³-hybridized carbons (Fsp3) is 0.476. The van der Waals surface area contributed by atoms with Gasteiger partial charge < -0.3 is 15.5 Å². The van der Waals surface area contributed by atoms with Crippen LogP contribution in [0.2, 0.25) is 0 Å². The van der Waals surface area contributed by atoms with Gasteiger partial charge in [0.25, 0.3) is 0 Å². The van der Waals surface area contributed by atoms with Crippen LogP contribution < -0.4 is 15.5 Å². The van der Waals surface area contributed by atoms with Crippen molar-refractivity contribution < 1.29 is 4.79 Å². The fourth-order valence-corrected chi connectivity index (χ4v) is 4.29. The first-order chi connectivity index (χ1) is 15.1. The molecule has 0 spiro atoms. The van der Waals surface area contributed by atoms with E-state index in [1.165, 1.54) is 0 Å². The molecule has 0 bridgehead atoms. The number of aryl methyl sites for hydroxylation is 1. The zero-order valence-electron chi connectivity index (χ0n) is 17.8. The molecule has 162 valence electrons. The van der Waals surface area contributed by atoms with E-state index in [0.717, 1.165) is 67.2 Å². The Morgan fingerprint density at radius 2 is 2.13 bits per heavy atom. The van der Waals surface area contributed by atoms with E-state index in [9.17, 15) is 4.79 Å². The van der Waals surface area contributed by atoms with Crippen molar-refractivity contribution in [3.05, 3.63) is 35.3 Å². The van der Waals surface area contributed by atoms with Gasteiger partial charge >= 0.3 is 0 Å². The van der Waals surface area contributed by atoms with E-state index in [4.69, 9.17) is 9.97 Å². The van der Waals surface area contributed by atoms with Crippen molar-refractivity contribution in [3.8, 4) is 0 Å². The first-order valence-corrected chi connectivity index (χ1v) is 10.9. The molecule has 0 radical (unpaired) electrons.